The molecular weight excluding hydrogens is 408 g/mol. The van der Waals surface area contributed by atoms with E-state index in [4.69, 9.17) is 21.7 Å². The maximum Gasteiger partial charge on any atom is 0.216 e. The summed E-state index contributed by atoms with van der Waals surface area (Å²) in [7, 11) is 1.81. The number of fused-ring (bicyclic) bond motifs is 1. The zero-order valence-electron chi connectivity index (χ0n) is 19.1. The molecule has 31 heavy (non-hydrogen) atoms. The van der Waals surface area contributed by atoms with E-state index in [1.54, 1.807) is 4.90 Å². The first-order valence-corrected chi connectivity index (χ1v) is 12.2. The molecule has 0 radical (unpaired) electrons. The fraction of sp³-hybridized carbons (Fsp3) is 0.680. The van der Waals surface area contributed by atoms with E-state index >= 15 is 0 Å². The summed E-state index contributed by atoms with van der Waals surface area (Å²) < 4.78 is 11.8. The Bertz CT molecular complexity index is 800. The standard InChI is InChI=1S/C25H36N2O3S/c1-17(2)27(16-28)24(31)26-23-22-13-21(30-15-18-5-4-6-18)8-7-19(22)14-25(23)11-9-20(29-3)10-12-25/h7-8,13,16-18,20,23H,4-6,9-12,14-15H2,1-3H3,(H,26,31)/t20-,23?,25-. The van der Waals surface area contributed by atoms with Crippen molar-refractivity contribution in [1.82, 2.24) is 10.2 Å². The molecule has 2 saturated carbocycles. The van der Waals surface area contributed by atoms with Crippen LogP contribution in [0.1, 0.15) is 76.0 Å². The molecule has 1 aromatic rings. The van der Waals surface area contributed by atoms with Crippen molar-refractivity contribution < 1.29 is 14.3 Å². The minimum atomic E-state index is 0.0238. The molecule has 2 fully saturated rings. The molecule has 4 rings (SSSR count). The number of carbonyl (C=O) groups excluding carboxylic acids is 1. The lowest BCUT2D eigenvalue weighted by molar-refractivity contribution is -0.115. The van der Waals surface area contributed by atoms with Crippen LogP contribution in [-0.2, 0) is 16.0 Å². The summed E-state index contributed by atoms with van der Waals surface area (Å²) in [5, 5.41) is 4.12. The Balaban J connectivity index is 1.58. The lowest BCUT2D eigenvalue weighted by atomic mass is 9.68. The number of hydrogen-bond acceptors (Lipinski definition) is 4. The molecule has 6 heteroatoms. The third-order valence-electron chi connectivity index (χ3n) is 7.73. The number of ether oxygens (including phenoxy) is 2. The van der Waals surface area contributed by atoms with Gasteiger partial charge in [0.2, 0.25) is 6.41 Å². The van der Waals surface area contributed by atoms with Crippen LogP contribution >= 0.6 is 12.2 Å². The number of carbonyl (C=O) groups is 1. The summed E-state index contributed by atoms with van der Waals surface area (Å²) in [5.41, 5.74) is 2.74. The molecule has 5 nitrogen and oxygen atoms in total. The average molecular weight is 445 g/mol. The van der Waals surface area contributed by atoms with E-state index in [2.05, 4.69) is 23.5 Å². The quantitative estimate of drug-likeness (QED) is 0.485. The number of methoxy groups -OCH3 is 1. The lowest BCUT2D eigenvalue weighted by Gasteiger charge is -2.42. The second-order valence-electron chi connectivity index (χ2n) is 9.93. The minimum Gasteiger partial charge on any atom is -0.493 e. The highest BCUT2D eigenvalue weighted by atomic mass is 32.1. The number of hydrogen-bond donors (Lipinski definition) is 1. The number of thiocarbonyl (C=S) groups is 1. The first-order chi connectivity index (χ1) is 15.0. The predicted octanol–water partition coefficient (Wildman–Crippen LogP) is 4.78. The van der Waals surface area contributed by atoms with Crippen LogP contribution in [0.5, 0.6) is 5.75 Å². The maximum absolute atomic E-state index is 11.7. The number of nitrogens with one attached hydrogen (secondary N) is 1. The Hall–Kier alpha value is -1.66. The fourth-order valence-electron chi connectivity index (χ4n) is 5.48. The number of rotatable bonds is 7. The Morgan fingerprint density at radius 1 is 1.29 bits per heavy atom. The zero-order chi connectivity index (χ0) is 22.0. The van der Waals surface area contributed by atoms with Crippen LogP contribution in [0.25, 0.3) is 0 Å². The molecule has 3 aliphatic rings. The molecule has 170 valence electrons. The Labute approximate surface area is 191 Å². The average Bonchev–Trinajstić information content (AvgIpc) is 3.00. The molecule has 0 saturated heterocycles. The topological polar surface area (TPSA) is 50.8 Å². The van der Waals surface area contributed by atoms with Gasteiger partial charge in [0.1, 0.15) is 5.75 Å². The van der Waals surface area contributed by atoms with Gasteiger partial charge in [-0.2, -0.15) is 0 Å². The van der Waals surface area contributed by atoms with Crippen molar-refractivity contribution in [3.05, 3.63) is 29.3 Å². The fourth-order valence-corrected chi connectivity index (χ4v) is 5.85. The maximum atomic E-state index is 11.7. The molecule has 1 aromatic carbocycles. The molecular formula is C25H36N2O3S. The Morgan fingerprint density at radius 2 is 2.03 bits per heavy atom. The van der Waals surface area contributed by atoms with E-state index in [0.717, 1.165) is 50.9 Å². The van der Waals surface area contributed by atoms with Crippen LogP contribution in [0.4, 0.5) is 0 Å². The van der Waals surface area contributed by atoms with Crippen molar-refractivity contribution in [2.24, 2.45) is 11.3 Å². The summed E-state index contributed by atoms with van der Waals surface area (Å²) in [6, 6.07) is 6.68. The van der Waals surface area contributed by atoms with Gasteiger partial charge in [0.15, 0.2) is 5.11 Å². The zero-order valence-corrected chi connectivity index (χ0v) is 19.9. The van der Waals surface area contributed by atoms with Gasteiger partial charge in [0.25, 0.3) is 0 Å². The van der Waals surface area contributed by atoms with Crippen molar-refractivity contribution in [2.75, 3.05) is 13.7 Å². The van der Waals surface area contributed by atoms with Crippen molar-refractivity contribution >= 4 is 23.7 Å². The van der Waals surface area contributed by atoms with Crippen LogP contribution in [0.2, 0.25) is 0 Å². The van der Waals surface area contributed by atoms with Gasteiger partial charge >= 0.3 is 0 Å². The summed E-state index contributed by atoms with van der Waals surface area (Å²) in [5.74, 6) is 1.65. The largest absolute Gasteiger partial charge is 0.493 e. The van der Waals surface area contributed by atoms with E-state index < -0.39 is 0 Å². The van der Waals surface area contributed by atoms with Crippen LogP contribution in [0.3, 0.4) is 0 Å². The predicted molar refractivity (Wildman–Crippen MR) is 126 cm³/mol. The molecule has 1 atom stereocenters. The van der Waals surface area contributed by atoms with E-state index in [9.17, 15) is 4.79 Å². The summed E-state index contributed by atoms with van der Waals surface area (Å²) >= 11 is 5.68. The molecule has 1 unspecified atom stereocenters. The van der Waals surface area contributed by atoms with E-state index in [-0.39, 0.29) is 17.5 Å². The van der Waals surface area contributed by atoms with Crippen molar-refractivity contribution in [3.8, 4) is 5.75 Å². The highest BCUT2D eigenvalue weighted by Gasteiger charge is 2.48. The summed E-state index contributed by atoms with van der Waals surface area (Å²) in [6.07, 6.45) is 10.4. The normalized spacial score (nSPS) is 27.6. The second kappa shape index (κ2) is 9.45. The van der Waals surface area contributed by atoms with Gasteiger partial charge in [-0.3, -0.25) is 9.69 Å². The van der Waals surface area contributed by atoms with Gasteiger partial charge in [0.05, 0.1) is 18.8 Å². The highest BCUT2D eigenvalue weighted by Crippen LogP contribution is 2.55. The SMILES string of the molecule is CO[C@H]1CC[C@]2(CC1)Cc1ccc(OCC3CCC3)cc1C2NC(=S)N(C=O)C(C)C. The Morgan fingerprint density at radius 3 is 2.61 bits per heavy atom. The van der Waals surface area contributed by atoms with Crippen molar-refractivity contribution in [2.45, 2.75) is 83.4 Å². The van der Waals surface area contributed by atoms with Gasteiger partial charge < -0.3 is 14.8 Å². The van der Waals surface area contributed by atoms with Crippen LogP contribution in [0.15, 0.2) is 18.2 Å². The van der Waals surface area contributed by atoms with Crippen molar-refractivity contribution in [1.29, 1.82) is 0 Å². The molecule has 1 amide bonds. The lowest BCUT2D eigenvalue weighted by Crippen LogP contribution is -2.48. The number of nitrogens with zero attached hydrogens (tertiary/aromatic N) is 1. The first kappa shape index (κ1) is 22.5. The number of amides is 1. The first-order valence-electron chi connectivity index (χ1n) is 11.8. The monoisotopic (exact) mass is 444 g/mol. The summed E-state index contributed by atoms with van der Waals surface area (Å²) in [6.45, 7) is 4.77. The second-order valence-corrected chi connectivity index (χ2v) is 10.3. The third kappa shape index (κ3) is 4.61. The number of benzene rings is 1. The smallest absolute Gasteiger partial charge is 0.216 e. The van der Waals surface area contributed by atoms with Crippen LogP contribution in [-0.4, -0.2) is 42.3 Å². The molecule has 0 aromatic heterocycles. The summed E-state index contributed by atoms with van der Waals surface area (Å²) in [4.78, 5) is 13.3. The van der Waals surface area contributed by atoms with Gasteiger partial charge in [-0.25, -0.2) is 0 Å². The minimum absolute atomic E-state index is 0.0238. The highest BCUT2D eigenvalue weighted by molar-refractivity contribution is 7.80. The van der Waals surface area contributed by atoms with Crippen LogP contribution < -0.4 is 10.1 Å². The third-order valence-corrected chi connectivity index (χ3v) is 8.06. The molecule has 3 aliphatic carbocycles. The molecule has 0 heterocycles. The van der Waals surface area contributed by atoms with Gasteiger partial charge in [-0.15, -0.1) is 0 Å². The Kier molecular flexibility index (Phi) is 6.87. The van der Waals surface area contributed by atoms with Crippen molar-refractivity contribution in [3.63, 3.8) is 0 Å². The van der Waals surface area contributed by atoms with Gasteiger partial charge in [0, 0.05) is 13.2 Å². The van der Waals surface area contributed by atoms with E-state index in [0.29, 0.717) is 17.1 Å². The van der Waals surface area contributed by atoms with Gasteiger partial charge in [-0.1, -0.05) is 12.5 Å². The van der Waals surface area contributed by atoms with E-state index in [1.165, 1.54) is 30.4 Å². The molecule has 1 spiro atoms. The molecule has 1 N–H and O–H groups in total. The molecule has 0 aliphatic heterocycles. The van der Waals surface area contributed by atoms with Gasteiger partial charge in [-0.05, 0) is 106 Å². The van der Waals surface area contributed by atoms with Crippen LogP contribution in [0, 0.1) is 11.3 Å². The van der Waals surface area contributed by atoms with E-state index in [1.807, 2.05) is 21.0 Å². The molecule has 0 bridgehead atoms.